The summed E-state index contributed by atoms with van der Waals surface area (Å²) in [6, 6.07) is 7.25. The van der Waals surface area contributed by atoms with Crippen molar-refractivity contribution in [3.8, 4) is 0 Å². The summed E-state index contributed by atoms with van der Waals surface area (Å²) < 4.78 is 17.5. The molecule has 2 aromatic rings. The lowest BCUT2D eigenvalue weighted by atomic mass is 10.0. The number of rotatable bonds is 11. The van der Waals surface area contributed by atoms with Gasteiger partial charge < -0.3 is 21.0 Å². The molecular weight excluding hydrogens is 335 g/mol. The van der Waals surface area contributed by atoms with Crippen LogP contribution in [0.15, 0.2) is 52.9 Å². The number of unbranched alkanes of at least 4 members (excludes halogenated alkanes) is 2. The number of nitrogens with one attached hydrogen (secondary N) is 2. The molecule has 1 aromatic heterocycles. The molecule has 0 spiro atoms. The van der Waals surface area contributed by atoms with Crippen LogP contribution < -0.4 is 11.1 Å². The van der Waals surface area contributed by atoms with Crippen LogP contribution in [0.4, 0.5) is 10.1 Å². The van der Waals surface area contributed by atoms with E-state index in [2.05, 4.69) is 15.0 Å². The van der Waals surface area contributed by atoms with Crippen LogP contribution in [0.2, 0.25) is 0 Å². The maximum atomic E-state index is 12.9. The van der Waals surface area contributed by atoms with E-state index < -0.39 is 0 Å². The van der Waals surface area contributed by atoms with Crippen LogP contribution in [0, 0.1) is 11.2 Å². The van der Waals surface area contributed by atoms with Crippen molar-refractivity contribution in [2.75, 3.05) is 5.32 Å². The Morgan fingerprint density at radius 1 is 1.27 bits per heavy atom. The van der Waals surface area contributed by atoms with Gasteiger partial charge in [-0.15, -0.1) is 0 Å². The lowest BCUT2D eigenvalue weighted by molar-refractivity contribution is 0.0970. The largest absolute Gasteiger partial charge is 0.364 e. The van der Waals surface area contributed by atoms with Gasteiger partial charge in [-0.25, -0.2) is 4.39 Å². The van der Waals surface area contributed by atoms with Gasteiger partial charge in [0.1, 0.15) is 17.8 Å². The van der Waals surface area contributed by atoms with Gasteiger partial charge in [0, 0.05) is 42.2 Å². The number of hydrogen-bond acceptors (Lipinski definition) is 6. The molecule has 0 aliphatic heterocycles. The summed E-state index contributed by atoms with van der Waals surface area (Å²) in [7, 11) is 0. The Morgan fingerprint density at radius 3 is 2.69 bits per heavy atom. The summed E-state index contributed by atoms with van der Waals surface area (Å²) in [4.78, 5) is 11.8. The molecule has 1 atom stereocenters. The van der Waals surface area contributed by atoms with Crippen LogP contribution in [-0.4, -0.2) is 23.2 Å². The van der Waals surface area contributed by atoms with Crippen LogP contribution in [-0.2, 0) is 0 Å². The third kappa shape index (κ3) is 6.25. The molecule has 26 heavy (non-hydrogen) atoms. The molecule has 4 N–H and O–H groups in total. The molecule has 1 heterocycles. The topological polar surface area (TPSA) is 105 Å². The smallest absolute Gasteiger partial charge is 0.184 e. The van der Waals surface area contributed by atoms with Gasteiger partial charge in [0.05, 0.1) is 0 Å². The van der Waals surface area contributed by atoms with Crippen molar-refractivity contribution in [1.82, 2.24) is 5.16 Å². The molecule has 0 saturated heterocycles. The minimum atomic E-state index is -0.300. The van der Waals surface area contributed by atoms with Crippen LogP contribution in [0.25, 0.3) is 0 Å². The number of benzene rings is 1. The van der Waals surface area contributed by atoms with Gasteiger partial charge in [0.15, 0.2) is 5.78 Å². The quantitative estimate of drug-likeness (QED) is 0.321. The first-order valence-corrected chi connectivity index (χ1v) is 8.52. The Hall–Kier alpha value is -2.80. The zero-order valence-electron chi connectivity index (χ0n) is 14.5. The van der Waals surface area contributed by atoms with Crippen molar-refractivity contribution < 1.29 is 13.7 Å². The number of nitrogens with zero attached hydrogens (tertiary/aromatic N) is 1. The Kier molecular flexibility index (Phi) is 7.70. The zero-order valence-corrected chi connectivity index (χ0v) is 14.5. The SMILES string of the molecule is N=C/C(=C\Nc1ccc(F)cc1)C(N)CCCCCC(=O)c1ccon1. The van der Waals surface area contributed by atoms with Crippen molar-refractivity contribution in [2.45, 2.75) is 38.1 Å². The van der Waals surface area contributed by atoms with Crippen LogP contribution in [0.1, 0.15) is 42.6 Å². The van der Waals surface area contributed by atoms with E-state index in [-0.39, 0.29) is 17.6 Å². The number of aromatic nitrogens is 1. The molecule has 138 valence electrons. The maximum absolute atomic E-state index is 12.9. The highest BCUT2D eigenvalue weighted by molar-refractivity contribution is 5.93. The normalized spacial score (nSPS) is 12.6. The van der Waals surface area contributed by atoms with Gasteiger partial charge in [-0.2, -0.15) is 0 Å². The minimum absolute atomic E-state index is 0.0216. The summed E-state index contributed by atoms with van der Waals surface area (Å²) in [5.41, 5.74) is 7.88. The Balaban J connectivity index is 1.70. The minimum Gasteiger partial charge on any atom is -0.364 e. The van der Waals surface area contributed by atoms with E-state index in [1.807, 2.05) is 0 Å². The highest BCUT2D eigenvalue weighted by Crippen LogP contribution is 2.13. The van der Waals surface area contributed by atoms with Crippen molar-refractivity contribution in [3.05, 3.63) is 59.9 Å². The van der Waals surface area contributed by atoms with Gasteiger partial charge in [-0.3, -0.25) is 4.79 Å². The Bertz CT molecular complexity index is 727. The Labute approximate surface area is 151 Å². The molecule has 0 amide bonds. The third-order valence-electron chi connectivity index (χ3n) is 3.99. The second-order valence-electron chi connectivity index (χ2n) is 5.95. The van der Waals surface area contributed by atoms with Gasteiger partial charge >= 0.3 is 0 Å². The first-order valence-electron chi connectivity index (χ1n) is 8.52. The molecule has 0 fully saturated rings. The van der Waals surface area contributed by atoms with Crippen molar-refractivity contribution in [3.63, 3.8) is 0 Å². The van der Waals surface area contributed by atoms with Crippen molar-refractivity contribution in [2.24, 2.45) is 5.73 Å². The van der Waals surface area contributed by atoms with Gasteiger partial charge in [0.25, 0.3) is 0 Å². The number of halogens is 1. The van der Waals surface area contributed by atoms with E-state index in [1.54, 1.807) is 24.4 Å². The molecule has 2 rings (SSSR count). The summed E-state index contributed by atoms with van der Waals surface area (Å²) in [6.07, 6.45) is 7.90. The number of nitrogens with two attached hydrogens (primary N) is 1. The number of carbonyl (C=O) groups excluding carboxylic acids is 1. The second kappa shape index (κ2) is 10.2. The summed E-state index contributed by atoms with van der Waals surface area (Å²) >= 11 is 0. The third-order valence-corrected chi connectivity index (χ3v) is 3.99. The predicted octanol–water partition coefficient (Wildman–Crippen LogP) is 3.92. The van der Waals surface area contributed by atoms with Crippen LogP contribution in [0.5, 0.6) is 0 Å². The fourth-order valence-corrected chi connectivity index (χ4v) is 2.45. The van der Waals surface area contributed by atoms with E-state index in [0.717, 1.165) is 24.9 Å². The summed E-state index contributed by atoms with van der Waals surface area (Å²) in [5, 5.41) is 14.1. The fourth-order valence-electron chi connectivity index (χ4n) is 2.45. The molecule has 0 aliphatic carbocycles. The first-order chi connectivity index (χ1) is 12.6. The fraction of sp³-hybridized carbons (Fsp3) is 0.316. The molecule has 6 nitrogen and oxygen atoms in total. The molecule has 7 heteroatoms. The van der Waals surface area contributed by atoms with Crippen LogP contribution in [0.3, 0.4) is 0 Å². The maximum Gasteiger partial charge on any atom is 0.184 e. The number of hydrogen-bond donors (Lipinski definition) is 3. The van der Waals surface area contributed by atoms with Crippen molar-refractivity contribution >= 4 is 17.7 Å². The monoisotopic (exact) mass is 358 g/mol. The average molecular weight is 358 g/mol. The van der Waals surface area contributed by atoms with E-state index >= 15 is 0 Å². The van der Waals surface area contributed by atoms with E-state index in [4.69, 9.17) is 11.1 Å². The predicted molar refractivity (Wildman–Crippen MR) is 98.8 cm³/mol. The number of anilines is 1. The zero-order chi connectivity index (χ0) is 18.8. The molecule has 0 bridgehead atoms. The summed E-state index contributed by atoms with van der Waals surface area (Å²) in [5.74, 6) is -0.322. The lowest BCUT2D eigenvalue weighted by Crippen LogP contribution is -2.24. The standard InChI is InChI=1S/C19H23FN4O2/c20-15-6-8-16(9-7-15)23-13-14(12-21)17(22)4-2-1-3-5-19(25)18-10-11-26-24-18/h6-13,17,21,23H,1-5,22H2/b14-13+,21-12?. The highest BCUT2D eigenvalue weighted by Gasteiger charge is 2.10. The van der Waals surface area contributed by atoms with Gasteiger partial charge in [-0.05, 0) is 37.1 Å². The number of carbonyl (C=O) groups is 1. The average Bonchev–Trinajstić information content (AvgIpc) is 3.18. The van der Waals surface area contributed by atoms with Gasteiger partial charge in [-0.1, -0.05) is 18.0 Å². The summed E-state index contributed by atoms with van der Waals surface area (Å²) in [6.45, 7) is 0. The Morgan fingerprint density at radius 2 is 2.04 bits per heavy atom. The van der Waals surface area contributed by atoms with Gasteiger partial charge in [0.2, 0.25) is 0 Å². The molecule has 0 radical (unpaired) electrons. The lowest BCUT2D eigenvalue weighted by Gasteiger charge is -2.13. The van der Waals surface area contributed by atoms with Crippen LogP contribution >= 0.6 is 0 Å². The van der Waals surface area contributed by atoms with E-state index in [0.29, 0.717) is 24.1 Å². The first kappa shape index (κ1) is 19.5. The van der Waals surface area contributed by atoms with E-state index in [9.17, 15) is 9.18 Å². The number of Topliss-reactive ketones (excluding diaryl/α,β-unsaturated/α-hetero) is 1. The molecule has 0 saturated carbocycles. The number of ketones is 1. The van der Waals surface area contributed by atoms with Crippen molar-refractivity contribution in [1.29, 1.82) is 5.41 Å². The highest BCUT2D eigenvalue weighted by atomic mass is 19.1. The molecular formula is C19H23FN4O2. The molecule has 0 aliphatic rings. The van der Waals surface area contributed by atoms with E-state index in [1.165, 1.54) is 24.6 Å². The molecule has 1 unspecified atom stereocenters. The second-order valence-corrected chi connectivity index (χ2v) is 5.95. The molecule has 1 aromatic carbocycles.